The van der Waals surface area contributed by atoms with Crippen LogP contribution in [0.3, 0.4) is 0 Å². The van der Waals surface area contributed by atoms with E-state index in [4.69, 9.17) is 0 Å². The van der Waals surface area contributed by atoms with E-state index in [1.54, 1.807) is 22.7 Å². The monoisotopic (exact) mass is 479 g/mol. The van der Waals surface area contributed by atoms with E-state index >= 15 is 0 Å². The van der Waals surface area contributed by atoms with Crippen LogP contribution in [0.2, 0.25) is 0 Å². The maximum Gasteiger partial charge on any atom is 0.191 e. The van der Waals surface area contributed by atoms with Gasteiger partial charge in [-0.25, -0.2) is 15.0 Å². The Morgan fingerprint density at radius 1 is 1.17 bits per heavy atom. The number of thiazole rings is 2. The van der Waals surface area contributed by atoms with E-state index in [1.807, 2.05) is 13.1 Å². The van der Waals surface area contributed by atoms with Gasteiger partial charge in [0.15, 0.2) is 5.96 Å². The van der Waals surface area contributed by atoms with E-state index in [0.717, 1.165) is 42.6 Å². The fourth-order valence-electron chi connectivity index (χ4n) is 2.01. The number of rotatable bonds is 7. The molecule has 0 aliphatic carbocycles. The summed E-state index contributed by atoms with van der Waals surface area (Å²) in [5, 5.41) is 8.88. The topological polar surface area (TPSA) is 62.2 Å². The largest absolute Gasteiger partial charge is 0.357 e. The van der Waals surface area contributed by atoms with Crippen molar-refractivity contribution in [3.63, 3.8) is 0 Å². The molecule has 2 aromatic heterocycles. The second-order valence-electron chi connectivity index (χ2n) is 5.20. The van der Waals surface area contributed by atoms with Crippen molar-refractivity contribution in [2.75, 3.05) is 13.1 Å². The molecule has 24 heavy (non-hydrogen) atoms. The zero-order chi connectivity index (χ0) is 16.7. The fourth-order valence-corrected chi connectivity index (χ4v) is 3.73. The summed E-state index contributed by atoms with van der Waals surface area (Å²) in [6, 6.07) is 0. The van der Waals surface area contributed by atoms with E-state index in [-0.39, 0.29) is 24.0 Å². The molecule has 0 radical (unpaired) electrons. The lowest BCUT2D eigenvalue weighted by atomic mass is 10.4. The van der Waals surface area contributed by atoms with Crippen LogP contribution in [0.15, 0.2) is 11.2 Å². The molecule has 8 heteroatoms. The first-order valence-electron chi connectivity index (χ1n) is 8.01. The van der Waals surface area contributed by atoms with Crippen LogP contribution >= 0.6 is 46.7 Å². The van der Waals surface area contributed by atoms with Crippen molar-refractivity contribution in [1.29, 1.82) is 0 Å². The molecular formula is C16H26IN5S2. The standard InChI is InChI=1S/C16H25N5S2.HI/c1-5-13-9-19-14(23-13)7-8-18-16(17-6-2)20-10-15-21-11(3)12(4)22-15;/h9H,5-8,10H2,1-4H3,(H2,17,18,20);1H. The number of halogens is 1. The van der Waals surface area contributed by atoms with Gasteiger partial charge in [-0.1, -0.05) is 6.92 Å². The first-order chi connectivity index (χ1) is 11.1. The van der Waals surface area contributed by atoms with Gasteiger partial charge in [0.05, 0.1) is 17.2 Å². The minimum Gasteiger partial charge on any atom is -0.357 e. The van der Waals surface area contributed by atoms with Crippen molar-refractivity contribution in [1.82, 2.24) is 20.6 Å². The molecule has 0 bridgehead atoms. The number of nitrogens with one attached hydrogen (secondary N) is 2. The van der Waals surface area contributed by atoms with E-state index in [0.29, 0.717) is 6.54 Å². The van der Waals surface area contributed by atoms with E-state index in [1.165, 1.54) is 14.8 Å². The molecule has 0 aliphatic heterocycles. The van der Waals surface area contributed by atoms with Gasteiger partial charge in [-0.15, -0.1) is 46.7 Å². The van der Waals surface area contributed by atoms with Crippen molar-refractivity contribution in [3.8, 4) is 0 Å². The van der Waals surface area contributed by atoms with E-state index in [9.17, 15) is 0 Å². The molecule has 0 unspecified atom stereocenters. The summed E-state index contributed by atoms with van der Waals surface area (Å²) >= 11 is 3.51. The van der Waals surface area contributed by atoms with Gasteiger partial charge in [-0.3, -0.25) is 0 Å². The maximum atomic E-state index is 4.62. The van der Waals surface area contributed by atoms with Crippen LogP contribution in [0.1, 0.15) is 39.3 Å². The van der Waals surface area contributed by atoms with Gasteiger partial charge in [0.2, 0.25) is 0 Å². The number of aryl methyl sites for hydroxylation is 3. The second-order valence-corrected chi connectivity index (χ2v) is 7.68. The summed E-state index contributed by atoms with van der Waals surface area (Å²) in [7, 11) is 0. The molecular weight excluding hydrogens is 453 g/mol. The molecule has 2 heterocycles. The molecule has 0 fully saturated rings. The predicted octanol–water partition coefficient (Wildman–Crippen LogP) is 3.69. The number of aromatic nitrogens is 2. The van der Waals surface area contributed by atoms with Crippen LogP contribution in [-0.4, -0.2) is 29.0 Å². The molecule has 2 aromatic rings. The third-order valence-corrected chi connectivity index (χ3v) is 5.63. The lowest BCUT2D eigenvalue weighted by molar-refractivity contribution is 0.795. The molecule has 0 aliphatic rings. The molecule has 134 valence electrons. The van der Waals surface area contributed by atoms with Crippen molar-refractivity contribution >= 4 is 52.6 Å². The highest BCUT2D eigenvalue weighted by atomic mass is 127. The molecule has 2 N–H and O–H groups in total. The molecule has 0 spiro atoms. The Hall–Kier alpha value is -0.740. The van der Waals surface area contributed by atoms with Gasteiger partial charge in [0, 0.05) is 35.5 Å². The van der Waals surface area contributed by atoms with Crippen LogP contribution in [-0.2, 0) is 19.4 Å². The molecule has 2 rings (SSSR count). The summed E-state index contributed by atoms with van der Waals surface area (Å²) in [5.41, 5.74) is 1.11. The molecule has 5 nitrogen and oxygen atoms in total. The van der Waals surface area contributed by atoms with Gasteiger partial charge in [-0.05, 0) is 27.2 Å². The van der Waals surface area contributed by atoms with Crippen LogP contribution in [0.5, 0.6) is 0 Å². The first-order valence-corrected chi connectivity index (χ1v) is 9.64. The summed E-state index contributed by atoms with van der Waals surface area (Å²) < 4.78 is 0. The number of guanidine groups is 1. The number of aliphatic imine (C=N–C) groups is 1. The van der Waals surface area contributed by atoms with E-state index < -0.39 is 0 Å². The zero-order valence-electron chi connectivity index (χ0n) is 14.7. The van der Waals surface area contributed by atoms with Gasteiger partial charge < -0.3 is 10.6 Å². The van der Waals surface area contributed by atoms with Gasteiger partial charge in [0.25, 0.3) is 0 Å². The van der Waals surface area contributed by atoms with Crippen molar-refractivity contribution in [2.24, 2.45) is 4.99 Å². The predicted molar refractivity (Wildman–Crippen MR) is 115 cm³/mol. The Labute approximate surface area is 169 Å². The highest BCUT2D eigenvalue weighted by Gasteiger charge is 2.05. The van der Waals surface area contributed by atoms with Crippen molar-refractivity contribution in [3.05, 3.63) is 31.7 Å². The van der Waals surface area contributed by atoms with Crippen LogP contribution < -0.4 is 10.6 Å². The summed E-state index contributed by atoms with van der Waals surface area (Å²) in [5.74, 6) is 0.838. The molecule has 0 aromatic carbocycles. The van der Waals surface area contributed by atoms with Crippen molar-refractivity contribution in [2.45, 2.75) is 47.1 Å². The number of hydrogen-bond donors (Lipinski definition) is 2. The smallest absolute Gasteiger partial charge is 0.191 e. The quantitative estimate of drug-likeness (QED) is 0.361. The molecule has 0 amide bonds. The minimum absolute atomic E-state index is 0. The van der Waals surface area contributed by atoms with Gasteiger partial charge in [-0.2, -0.15) is 0 Å². The third-order valence-electron chi connectivity index (χ3n) is 3.37. The summed E-state index contributed by atoms with van der Waals surface area (Å²) in [4.78, 5) is 16.2. The SMILES string of the molecule is CCNC(=NCc1nc(C)c(C)s1)NCCc1ncc(CC)s1.I. The lowest BCUT2D eigenvalue weighted by Gasteiger charge is -2.10. The number of nitrogens with zero attached hydrogens (tertiary/aromatic N) is 3. The van der Waals surface area contributed by atoms with Crippen LogP contribution in [0.4, 0.5) is 0 Å². The van der Waals surface area contributed by atoms with Gasteiger partial charge in [0.1, 0.15) is 5.01 Å². The second kappa shape index (κ2) is 11.0. The lowest BCUT2D eigenvalue weighted by Crippen LogP contribution is -2.38. The van der Waals surface area contributed by atoms with Gasteiger partial charge >= 0.3 is 0 Å². The molecule has 0 atom stereocenters. The Morgan fingerprint density at radius 3 is 2.54 bits per heavy atom. The van der Waals surface area contributed by atoms with Crippen LogP contribution in [0, 0.1) is 13.8 Å². The summed E-state index contributed by atoms with van der Waals surface area (Å²) in [6.07, 6.45) is 3.96. The average molecular weight is 479 g/mol. The first kappa shape index (κ1) is 21.3. The van der Waals surface area contributed by atoms with Crippen LogP contribution in [0.25, 0.3) is 0 Å². The Kier molecular flexibility index (Phi) is 9.75. The molecule has 0 saturated heterocycles. The third kappa shape index (κ3) is 6.64. The maximum absolute atomic E-state index is 4.62. The average Bonchev–Trinajstić information content (AvgIpc) is 3.12. The zero-order valence-corrected chi connectivity index (χ0v) is 18.6. The van der Waals surface area contributed by atoms with E-state index in [2.05, 4.69) is 46.4 Å². The highest BCUT2D eigenvalue weighted by Crippen LogP contribution is 2.17. The number of hydrogen-bond acceptors (Lipinski definition) is 5. The summed E-state index contributed by atoms with van der Waals surface area (Å²) in [6.45, 7) is 10.7. The minimum atomic E-state index is 0. The fraction of sp³-hybridized carbons (Fsp3) is 0.562. The molecule has 0 saturated carbocycles. The Balaban J connectivity index is 0.00000288. The normalized spacial score (nSPS) is 11.2. The Morgan fingerprint density at radius 2 is 1.96 bits per heavy atom. The highest BCUT2D eigenvalue weighted by molar-refractivity contribution is 14.0. The van der Waals surface area contributed by atoms with Crippen molar-refractivity contribution < 1.29 is 0 Å². The Bertz CT molecular complexity index is 631.